The van der Waals surface area contributed by atoms with E-state index in [0.29, 0.717) is 12.1 Å². The summed E-state index contributed by atoms with van der Waals surface area (Å²) in [5, 5.41) is 0. The van der Waals surface area contributed by atoms with Gasteiger partial charge in [-0.2, -0.15) is 13.2 Å². The molecule has 0 saturated carbocycles. The van der Waals surface area contributed by atoms with Crippen LogP contribution in [0.4, 0.5) is 23.2 Å². The van der Waals surface area contributed by atoms with Crippen molar-refractivity contribution in [2.24, 2.45) is 0 Å². The number of hydrogen-bond acceptors (Lipinski definition) is 3. The van der Waals surface area contributed by atoms with Crippen molar-refractivity contribution >= 4 is 17.7 Å². The Labute approximate surface area is 106 Å². The fourth-order valence-corrected chi connectivity index (χ4v) is 1.32. The van der Waals surface area contributed by atoms with Gasteiger partial charge in [0.25, 0.3) is 0 Å². The van der Waals surface area contributed by atoms with E-state index >= 15 is 0 Å². The van der Waals surface area contributed by atoms with Crippen LogP contribution in [0.2, 0.25) is 0 Å². The molecular formula is C12H11F4NO2. The third-order valence-corrected chi connectivity index (χ3v) is 2.16. The lowest BCUT2D eigenvalue weighted by atomic mass is 10.1. The Hall–Kier alpha value is -2.05. The van der Waals surface area contributed by atoms with Crippen molar-refractivity contribution in [2.45, 2.75) is 13.1 Å². The molecule has 19 heavy (non-hydrogen) atoms. The molecule has 0 atom stereocenters. The van der Waals surface area contributed by atoms with Crippen molar-refractivity contribution in [3.05, 3.63) is 35.2 Å². The third kappa shape index (κ3) is 3.97. The van der Waals surface area contributed by atoms with Gasteiger partial charge in [-0.25, -0.2) is 9.18 Å². The molecule has 1 aromatic rings. The van der Waals surface area contributed by atoms with Crippen molar-refractivity contribution in [2.75, 3.05) is 12.3 Å². The highest BCUT2D eigenvalue weighted by atomic mass is 19.4. The number of anilines is 1. The Morgan fingerprint density at radius 3 is 2.58 bits per heavy atom. The summed E-state index contributed by atoms with van der Waals surface area (Å²) < 4.78 is 55.0. The van der Waals surface area contributed by atoms with Crippen LogP contribution in [0.5, 0.6) is 0 Å². The fraction of sp³-hybridized carbons (Fsp3) is 0.250. The Kier molecular flexibility index (Phi) is 4.52. The maximum Gasteiger partial charge on any atom is 0.419 e. The Balaban J connectivity index is 3.06. The average Bonchev–Trinajstić information content (AvgIpc) is 2.28. The van der Waals surface area contributed by atoms with E-state index in [0.717, 1.165) is 12.2 Å². The molecule has 0 radical (unpaired) electrons. The molecule has 0 spiro atoms. The smallest absolute Gasteiger partial charge is 0.419 e. The van der Waals surface area contributed by atoms with Gasteiger partial charge in [-0.05, 0) is 25.1 Å². The van der Waals surface area contributed by atoms with Crippen molar-refractivity contribution < 1.29 is 27.1 Å². The Morgan fingerprint density at radius 1 is 1.42 bits per heavy atom. The van der Waals surface area contributed by atoms with Crippen molar-refractivity contribution in [1.29, 1.82) is 0 Å². The Bertz CT molecular complexity index is 509. The second-order valence-electron chi connectivity index (χ2n) is 3.54. The second kappa shape index (κ2) is 5.73. The van der Waals surface area contributed by atoms with E-state index in [2.05, 4.69) is 4.74 Å². The van der Waals surface area contributed by atoms with Crippen LogP contribution in [0, 0.1) is 5.82 Å². The SMILES string of the molecule is CCOC(=O)C=Cc1cc(F)c(C(F)(F)F)cc1N. The number of halogens is 4. The van der Waals surface area contributed by atoms with Gasteiger partial charge in [-0.3, -0.25) is 0 Å². The van der Waals surface area contributed by atoms with Crippen LogP contribution in [0.1, 0.15) is 18.1 Å². The van der Waals surface area contributed by atoms with Gasteiger partial charge in [0.1, 0.15) is 5.82 Å². The van der Waals surface area contributed by atoms with Crippen LogP contribution in [-0.2, 0) is 15.7 Å². The van der Waals surface area contributed by atoms with E-state index in [-0.39, 0.29) is 17.9 Å². The van der Waals surface area contributed by atoms with Gasteiger partial charge in [-0.15, -0.1) is 0 Å². The molecular weight excluding hydrogens is 266 g/mol. The molecule has 0 unspecified atom stereocenters. The summed E-state index contributed by atoms with van der Waals surface area (Å²) >= 11 is 0. The third-order valence-electron chi connectivity index (χ3n) is 2.16. The highest BCUT2D eigenvalue weighted by molar-refractivity contribution is 5.88. The number of carbonyl (C=O) groups is 1. The van der Waals surface area contributed by atoms with Gasteiger partial charge in [0.05, 0.1) is 12.2 Å². The van der Waals surface area contributed by atoms with Gasteiger partial charge in [-0.1, -0.05) is 0 Å². The number of carbonyl (C=O) groups excluding carboxylic acids is 1. The number of esters is 1. The topological polar surface area (TPSA) is 52.3 Å². The first-order valence-electron chi connectivity index (χ1n) is 5.26. The number of nitrogen functional groups attached to an aromatic ring is 1. The molecule has 0 saturated heterocycles. The molecule has 0 heterocycles. The number of alkyl halides is 3. The zero-order valence-corrected chi connectivity index (χ0v) is 9.92. The second-order valence-corrected chi connectivity index (χ2v) is 3.54. The molecule has 0 aliphatic carbocycles. The number of nitrogens with two attached hydrogens (primary N) is 1. The number of rotatable bonds is 3. The lowest BCUT2D eigenvalue weighted by molar-refractivity contribution is -0.140. The first kappa shape index (κ1) is 15.0. The minimum atomic E-state index is -4.82. The number of ether oxygens (including phenoxy) is 1. The molecule has 2 N–H and O–H groups in total. The summed E-state index contributed by atoms with van der Waals surface area (Å²) in [5.74, 6) is -2.15. The summed E-state index contributed by atoms with van der Waals surface area (Å²) in [6.45, 7) is 1.75. The van der Waals surface area contributed by atoms with Crippen LogP contribution in [0.25, 0.3) is 6.08 Å². The summed E-state index contributed by atoms with van der Waals surface area (Å²) in [6.07, 6.45) is -2.76. The zero-order valence-electron chi connectivity index (χ0n) is 9.92. The number of benzene rings is 1. The first-order chi connectivity index (χ1) is 8.75. The highest BCUT2D eigenvalue weighted by Gasteiger charge is 2.34. The summed E-state index contributed by atoms with van der Waals surface area (Å²) in [4.78, 5) is 11.0. The molecule has 0 amide bonds. The standard InChI is InChI=1S/C12H11F4NO2/c1-2-19-11(18)4-3-7-5-9(13)8(6-10(7)17)12(14,15)16/h3-6H,2,17H2,1H3. The largest absolute Gasteiger partial charge is 0.463 e. The minimum Gasteiger partial charge on any atom is -0.463 e. The van der Waals surface area contributed by atoms with E-state index in [1.54, 1.807) is 6.92 Å². The highest BCUT2D eigenvalue weighted by Crippen LogP contribution is 2.34. The maximum atomic E-state index is 13.3. The van der Waals surface area contributed by atoms with Crippen LogP contribution < -0.4 is 5.73 Å². The fourth-order valence-electron chi connectivity index (χ4n) is 1.32. The molecule has 3 nitrogen and oxygen atoms in total. The monoisotopic (exact) mass is 277 g/mol. The van der Waals surface area contributed by atoms with Gasteiger partial charge in [0, 0.05) is 17.3 Å². The minimum absolute atomic E-state index is 0.0291. The van der Waals surface area contributed by atoms with E-state index in [1.165, 1.54) is 0 Å². The van der Waals surface area contributed by atoms with Gasteiger partial charge in [0.2, 0.25) is 0 Å². The molecule has 7 heteroatoms. The first-order valence-corrected chi connectivity index (χ1v) is 5.26. The van der Waals surface area contributed by atoms with Crippen LogP contribution >= 0.6 is 0 Å². The van der Waals surface area contributed by atoms with Crippen LogP contribution in [0.3, 0.4) is 0 Å². The summed E-state index contributed by atoms with van der Waals surface area (Å²) in [5.41, 5.74) is 3.62. The molecule has 0 aliphatic rings. The normalized spacial score (nSPS) is 11.8. The molecule has 0 aliphatic heterocycles. The predicted octanol–water partition coefficient (Wildman–Crippen LogP) is 3.00. The van der Waals surface area contributed by atoms with Crippen LogP contribution in [-0.4, -0.2) is 12.6 Å². The van der Waals surface area contributed by atoms with E-state index in [1.807, 2.05) is 0 Å². The quantitative estimate of drug-likeness (QED) is 0.400. The molecule has 0 aromatic heterocycles. The lowest BCUT2D eigenvalue weighted by Crippen LogP contribution is -2.09. The van der Waals surface area contributed by atoms with Crippen molar-refractivity contribution in [1.82, 2.24) is 0 Å². The van der Waals surface area contributed by atoms with Crippen molar-refractivity contribution in [3.8, 4) is 0 Å². The molecule has 0 bridgehead atoms. The maximum absolute atomic E-state index is 13.3. The molecule has 0 fully saturated rings. The molecule has 1 aromatic carbocycles. The zero-order chi connectivity index (χ0) is 14.6. The molecule has 1 rings (SSSR count). The average molecular weight is 277 g/mol. The molecule has 104 valence electrons. The van der Waals surface area contributed by atoms with Gasteiger partial charge < -0.3 is 10.5 Å². The van der Waals surface area contributed by atoms with Crippen molar-refractivity contribution in [3.63, 3.8) is 0 Å². The van der Waals surface area contributed by atoms with E-state index in [9.17, 15) is 22.4 Å². The lowest BCUT2D eigenvalue weighted by Gasteiger charge is -2.10. The van der Waals surface area contributed by atoms with Gasteiger partial charge >= 0.3 is 12.1 Å². The van der Waals surface area contributed by atoms with Gasteiger partial charge in [0.15, 0.2) is 0 Å². The van der Waals surface area contributed by atoms with Crippen LogP contribution in [0.15, 0.2) is 18.2 Å². The van der Waals surface area contributed by atoms with E-state index < -0.39 is 23.5 Å². The Morgan fingerprint density at radius 2 is 2.05 bits per heavy atom. The summed E-state index contributed by atoms with van der Waals surface area (Å²) in [6, 6.07) is 1.11. The number of hydrogen-bond donors (Lipinski definition) is 1. The predicted molar refractivity (Wildman–Crippen MR) is 61.5 cm³/mol. The van der Waals surface area contributed by atoms with E-state index in [4.69, 9.17) is 5.73 Å². The summed E-state index contributed by atoms with van der Waals surface area (Å²) in [7, 11) is 0.